The van der Waals surface area contributed by atoms with Gasteiger partial charge in [-0.05, 0) is 32.0 Å². The Morgan fingerprint density at radius 2 is 2.35 bits per heavy atom. The van der Waals surface area contributed by atoms with Gasteiger partial charge in [-0.15, -0.1) is 0 Å². The van der Waals surface area contributed by atoms with Gasteiger partial charge in [0.25, 0.3) is 0 Å². The van der Waals surface area contributed by atoms with Crippen molar-refractivity contribution in [2.75, 3.05) is 18.5 Å². The average Bonchev–Trinajstić information content (AvgIpc) is 2.65. The first-order chi connectivity index (χ1) is 8.19. The smallest absolute Gasteiger partial charge is 0.408 e. The topological polar surface area (TPSA) is 67.3 Å². The molecule has 2 rings (SSSR count). The largest absolute Gasteiger partial charge is 0.417 e. The van der Waals surface area contributed by atoms with Crippen LogP contribution < -0.4 is 11.1 Å². The predicted molar refractivity (Wildman–Crippen MR) is 66.4 cm³/mol. The van der Waals surface area contributed by atoms with Gasteiger partial charge in [-0.2, -0.15) is 0 Å². The van der Waals surface area contributed by atoms with Crippen molar-refractivity contribution < 1.29 is 9.15 Å². The molecular weight excluding hydrogens is 220 g/mol. The van der Waals surface area contributed by atoms with Gasteiger partial charge in [0.05, 0.1) is 12.1 Å². The lowest BCUT2D eigenvalue weighted by Crippen LogP contribution is -2.21. The Hall–Kier alpha value is -1.75. The van der Waals surface area contributed by atoms with Gasteiger partial charge in [-0.1, -0.05) is 0 Å². The van der Waals surface area contributed by atoms with Gasteiger partial charge < -0.3 is 14.5 Å². The normalized spacial score (nSPS) is 12.8. The second-order valence-corrected chi connectivity index (χ2v) is 3.93. The molecule has 0 radical (unpaired) electrons. The van der Waals surface area contributed by atoms with E-state index in [1.807, 2.05) is 26.0 Å². The molecule has 0 saturated carbocycles. The molecule has 92 valence electrons. The lowest BCUT2D eigenvalue weighted by atomic mass is 10.2. The van der Waals surface area contributed by atoms with Gasteiger partial charge in [-0.3, -0.25) is 4.98 Å². The summed E-state index contributed by atoms with van der Waals surface area (Å²) in [5.74, 6) is -0.431. The van der Waals surface area contributed by atoms with Gasteiger partial charge in [0, 0.05) is 18.3 Å². The van der Waals surface area contributed by atoms with Crippen molar-refractivity contribution in [3.63, 3.8) is 0 Å². The maximum atomic E-state index is 11.0. The van der Waals surface area contributed by atoms with Crippen LogP contribution in [0.5, 0.6) is 0 Å². The van der Waals surface area contributed by atoms with Crippen LogP contribution in [0.1, 0.15) is 13.8 Å². The fraction of sp³-hybridized carbons (Fsp3) is 0.417. The van der Waals surface area contributed by atoms with Crippen molar-refractivity contribution in [1.82, 2.24) is 4.98 Å². The summed E-state index contributed by atoms with van der Waals surface area (Å²) in [6, 6.07) is 5.71. The third kappa shape index (κ3) is 2.88. The number of aromatic amines is 1. The molecule has 0 aliphatic rings. The number of hydrogen-bond donors (Lipinski definition) is 2. The van der Waals surface area contributed by atoms with Crippen LogP contribution in [0.15, 0.2) is 27.4 Å². The Bertz CT molecular complexity index is 544. The Morgan fingerprint density at radius 3 is 3.12 bits per heavy atom. The molecule has 2 aromatic rings. The number of aromatic nitrogens is 1. The summed E-state index contributed by atoms with van der Waals surface area (Å²) < 4.78 is 10.2. The van der Waals surface area contributed by atoms with Gasteiger partial charge in [-0.25, -0.2) is 4.79 Å². The van der Waals surface area contributed by atoms with E-state index in [4.69, 9.17) is 9.15 Å². The van der Waals surface area contributed by atoms with Crippen LogP contribution in [0.4, 0.5) is 5.69 Å². The number of anilines is 1. The fourth-order valence-electron chi connectivity index (χ4n) is 1.66. The summed E-state index contributed by atoms with van der Waals surface area (Å²) in [6.45, 7) is 5.36. The quantitative estimate of drug-likeness (QED) is 0.832. The molecule has 0 saturated heterocycles. The third-order valence-electron chi connectivity index (χ3n) is 2.40. The molecule has 17 heavy (non-hydrogen) atoms. The van der Waals surface area contributed by atoms with E-state index in [1.165, 1.54) is 0 Å². The molecule has 2 N–H and O–H groups in total. The van der Waals surface area contributed by atoms with Gasteiger partial charge in [0.1, 0.15) is 0 Å². The van der Waals surface area contributed by atoms with Gasteiger partial charge >= 0.3 is 5.76 Å². The van der Waals surface area contributed by atoms with Crippen LogP contribution in [-0.2, 0) is 4.74 Å². The van der Waals surface area contributed by atoms with Crippen LogP contribution in [0.2, 0.25) is 0 Å². The highest BCUT2D eigenvalue weighted by atomic mass is 16.5. The van der Waals surface area contributed by atoms with Crippen molar-refractivity contribution in [3.8, 4) is 0 Å². The first-order valence-electron chi connectivity index (χ1n) is 5.66. The van der Waals surface area contributed by atoms with Crippen molar-refractivity contribution in [2.45, 2.75) is 19.9 Å². The molecule has 0 amide bonds. The Kier molecular flexibility index (Phi) is 3.49. The molecule has 0 fully saturated rings. The minimum atomic E-state index is -0.431. The Labute approximate surface area is 98.8 Å². The van der Waals surface area contributed by atoms with E-state index in [2.05, 4.69) is 10.3 Å². The second kappa shape index (κ2) is 5.05. The molecule has 0 aliphatic heterocycles. The molecule has 1 unspecified atom stereocenters. The van der Waals surface area contributed by atoms with E-state index < -0.39 is 5.76 Å². The van der Waals surface area contributed by atoms with E-state index in [0.29, 0.717) is 24.3 Å². The standard InChI is InChI=1S/C12H16N2O3/c1-3-16-7-8(2)13-9-4-5-11-10(6-9)14-12(15)17-11/h4-6,8,13H,3,7H2,1-2H3,(H,14,15). The fourth-order valence-corrected chi connectivity index (χ4v) is 1.66. The molecule has 1 atom stereocenters. The van der Waals surface area contributed by atoms with Crippen molar-refractivity contribution >= 4 is 16.8 Å². The van der Waals surface area contributed by atoms with Gasteiger partial charge in [0.2, 0.25) is 0 Å². The summed E-state index contributed by atoms with van der Waals surface area (Å²) >= 11 is 0. The van der Waals surface area contributed by atoms with E-state index in [9.17, 15) is 4.79 Å². The number of benzene rings is 1. The highest BCUT2D eigenvalue weighted by Crippen LogP contribution is 2.16. The molecule has 0 aliphatic carbocycles. The van der Waals surface area contributed by atoms with Crippen LogP contribution in [0.25, 0.3) is 11.1 Å². The minimum absolute atomic E-state index is 0.214. The minimum Gasteiger partial charge on any atom is -0.408 e. The first-order valence-corrected chi connectivity index (χ1v) is 5.66. The van der Waals surface area contributed by atoms with Crippen LogP contribution in [-0.4, -0.2) is 24.2 Å². The zero-order chi connectivity index (χ0) is 12.3. The number of H-pyrrole nitrogens is 1. The highest BCUT2D eigenvalue weighted by Gasteiger charge is 2.05. The van der Waals surface area contributed by atoms with Crippen molar-refractivity contribution in [2.24, 2.45) is 0 Å². The zero-order valence-electron chi connectivity index (χ0n) is 9.95. The molecular formula is C12H16N2O3. The molecule has 0 bridgehead atoms. The van der Waals surface area contributed by atoms with Crippen LogP contribution >= 0.6 is 0 Å². The molecule has 1 aromatic heterocycles. The lowest BCUT2D eigenvalue weighted by molar-refractivity contribution is 0.141. The summed E-state index contributed by atoms with van der Waals surface area (Å²) in [7, 11) is 0. The number of hydrogen-bond acceptors (Lipinski definition) is 4. The highest BCUT2D eigenvalue weighted by molar-refractivity contribution is 5.76. The SMILES string of the molecule is CCOCC(C)Nc1ccc2oc(=O)[nH]c2c1. The predicted octanol–water partition coefficient (Wildman–Crippen LogP) is 1.96. The first kappa shape index (κ1) is 11.7. The summed E-state index contributed by atoms with van der Waals surface area (Å²) in [5, 5.41) is 3.29. The Balaban J connectivity index is 2.10. The summed E-state index contributed by atoms with van der Waals surface area (Å²) in [6.07, 6.45) is 0. The number of nitrogens with one attached hydrogen (secondary N) is 2. The molecule has 1 heterocycles. The lowest BCUT2D eigenvalue weighted by Gasteiger charge is -2.14. The van der Waals surface area contributed by atoms with Gasteiger partial charge in [0.15, 0.2) is 5.58 Å². The van der Waals surface area contributed by atoms with Crippen LogP contribution in [0.3, 0.4) is 0 Å². The second-order valence-electron chi connectivity index (χ2n) is 3.93. The van der Waals surface area contributed by atoms with Crippen LogP contribution in [0, 0.1) is 0 Å². The van der Waals surface area contributed by atoms with E-state index >= 15 is 0 Å². The number of fused-ring (bicyclic) bond motifs is 1. The zero-order valence-corrected chi connectivity index (χ0v) is 9.95. The molecule has 5 nitrogen and oxygen atoms in total. The maximum absolute atomic E-state index is 11.0. The number of oxazole rings is 1. The molecule has 1 aromatic carbocycles. The summed E-state index contributed by atoms with van der Waals surface area (Å²) in [4.78, 5) is 13.6. The van der Waals surface area contributed by atoms with E-state index in [0.717, 1.165) is 5.69 Å². The van der Waals surface area contributed by atoms with Crippen molar-refractivity contribution in [3.05, 3.63) is 28.7 Å². The molecule has 5 heteroatoms. The Morgan fingerprint density at radius 1 is 1.53 bits per heavy atom. The third-order valence-corrected chi connectivity index (χ3v) is 2.40. The monoisotopic (exact) mass is 236 g/mol. The average molecular weight is 236 g/mol. The van der Waals surface area contributed by atoms with E-state index in [1.54, 1.807) is 6.07 Å². The van der Waals surface area contributed by atoms with Crippen molar-refractivity contribution in [1.29, 1.82) is 0 Å². The number of ether oxygens (including phenoxy) is 1. The molecule has 0 spiro atoms. The number of rotatable bonds is 5. The summed E-state index contributed by atoms with van der Waals surface area (Å²) in [5.41, 5.74) is 2.20. The maximum Gasteiger partial charge on any atom is 0.417 e. The van der Waals surface area contributed by atoms with E-state index in [-0.39, 0.29) is 6.04 Å².